The van der Waals surface area contributed by atoms with Crippen molar-refractivity contribution >= 4 is 27.4 Å². The molecule has 12 heteroatoms. The summed E-state index contributed by atoms with van der Waals surface area (Å²) in [4.78, 5) is 0. The Morgan fingerprint density at radius 3 is 1.77 bits per heavy atom. The zero-order chi connectivity index (χ0) is 22.4. The Morgan fingerprint density at radius 1 is 0.700 bits per heavy atom. The minimum atomic E-state index is -4.59. The maximum Gasteiger partial charge on any atom is 0.292 e. The van der Waals surface area contributed by atoms with Crippen molar-refractivity contribution in [1.29, 1.82) is 0 Å². The van der Waals surface area contributed by atoms with Crippen molar-refractivity contribution in [3.05, 3.63) is 63.7 Å². The van der Waals surface area contributed by atoms with E-state index in [2.05, 4.69) is 0 Å². The van der Waals surface area contributed by atoms with Crippen LogP contribution in [-0.2, 0) is 0 Å². The zero-order valence-electron chi connectivity index (χ0n) is 13.8. The van der Waals surface area contributed by atoms with Crippen LogP contribution in [-0.4, -0.2) is 16.1 Å². The fraction of sp³-hybridized carbons (Fsp3) is 0.111. The highest BCUT2D eigenvalue weighted by molar-refractivity contribution is 6.15. The van der Waals surface area contributed by atoms with Crippen LogP contribution in [0, 0.1) is 40.7 Å². The summed E-state index contributed by atoms with van der Waals surface area (Å²) in [5, 5.41) is 13.4. The SMILES string of the molecule is OC1c2c(c3c(F)c(F)c(F)c(F)c3c3cc(F)c(F)c(F)c23)C(F)=C(F)C1(O)F. The van der Waals surface area contributed by atoms with Crippen LogP contribution in [0.1, 0.15) is 17.2 Å². The molecule has 2 atom stereocenters. The quantitative estimate of drug-likeness (QED) is 0.215. The van der Waals surface area contributed by atoms with Gasteiger partial charge >= 0.3 is 0 Å². The predicted molar refractivity (Wildman–Crippen MR) is 81.3 cm³/mol. The van der Waals surface area contributed by atoms with Crippen LogP contribution in [0.5, 0.6) is 0 Å². The first-order chi connectivity index (χ1) is 13.8. The molecule has 3 aromatic rings. The summed E-state index contributed by atoms with van der Waals surface area (Å²) >= 11 is 0. The van der Waals surface area contributed by atoms with Gasteiger partial charge in [-0.05, 0) is 11.5 Å². The minimum Gasteiger partial charge on any atom is -0.382 e. The summed E-state index contributed by atoms with van der Waals surface area (Å²) in [5.74, 6) is -26.3. The normalized spacial score (nSPS) is 21.7. The third-order valence-corrected chi connectivity index (χ3v) is 4.84. The fourth-order valence-corrected chi connectivity index (χ4v) is 3.51. The molecule has 0 bridgehead atoms. The summed E-state index contributed by atoms with van der Waals surface area (Å²) in [5.41, 5.74) is -3.30. The standard InChI is InChI=1S/C18H4F10O2/c19-3-1-2-4-6(12(23)15(26)14(25)11(4)22)7-8(5(2)10(21)9(3)20)17(29)18(28,30)16(27)13(7)24/h1,17,29-30H. The molecule has 0 amide bonds. The van der Waals surface area contributed by atoms with Crippen LogP contribution < -0.4 is 0 Å². The molecule has 2 N–H and O–H groups in total. The Hall–Kier alpha value is -2.86. The second-order valence-corrected chi connectivity index (χ2v) is 6.41. The maximum absolute atomic E-state index is 14.6. The predicted octanol–water partition coefficient (Wildman–Crippen LogP) is 5.28. The summed E-state index contributed by atoms with van der Waals surface area (Å²) in [6.45, 7) is 0. The molecule has 158 valence electrons. The Balaban J connectivity index is 2.50. The van der Waals surface area contributed by atoms with Crippen LogP contribution in [0.3, 0.4) is 0 Å². The summed E-state index contributed by atoms with van der Waals surface area (Å²) < 4.78 is 141. The van der Waals surface area contributed by atoms with Gasteiger partial charge in [0.2, 0.25) is 5.83 Å². The second-order valence-electron chi connectivity index (χ2n) is 6.41. The molecule has 0 radical (unpaired) electrons. The molecule has 2 unspecified atom stereocenters. The first-order valence-electron chi connectivity index (χ1n) is 7.78. The van der Waals surface area contributed by atoms with Gasteiger partial charge in [0.05, 0.1) is 0 Å². The molecule has 0 aromatic heterocycles. The second kappa shape index (κ2) is 6.08. The number of aliphatic hydroxyl groups is 2. The lowest BCUT2D eigenvalue weighted by molar-refractivity contribution is -0.157. The molecule has 0 aliphatic heterocycles. The number of halogens is 10. The molecule has 0 saturated carbocycles. The molecule has 0 fully saturated rings. The van der Waals surface area contributed by atoms with Crippen molar-refractivity contribution in [3.63, 3.8) is 0 Å². The average Bonchev–Trinajstić information content (AvgIpc) is 2.70. The molecule has 3 aromatic carbocycles. The summed E-state index contributed by atoms with van der Waals surface area (Å²) in [6, 6.07) is -0.0349. The zero-order valence-corrected chi connectivity index (χ0v) is 13.8. The van der Waals surface area contributed by atoms with E-state index in [0.29, 0.717) is 0 Å². The monoisotopic (exact) mass is 442 g/mol. The van der Waals surface area contributed by atoms with Gasteiger partial charge < -0.3 is 10.2 Å². The lowest BCUT2D eigenvalue weighted by atomic mass is 9.81. The highest BCUT2D eigenvalue weighted by atomic mass is 19.2. The van der Waals surface area contributed by atoms with Crippen LogP contribution in [0.15, 0.2) is 11.9 Å². The van der Waals surface area contributed by atoms with E-state index in [9.17, 15) is 54.1 Å². The third-order valence-electron chi connectivity index (χ3n) is 4.84. The lowest BCUT2D eigenvalue weighted by Crippen LogP contribution is -2.36. The van der Waals surface area contributed by atoms with E-state index in [-0.39, 0.29) is 6.07 Å². The maximum atomic E-state index is 14.6. The molecular formula is C18H4F10O2. The van der Waals surface area contributed by atoms with E-state index < -0.39 is 97.0 Å². The van der Waals surface area contributed by atoms with E-state index >= 15 is 0 Å². The molecule has 30 heavy (non-hydrogen) atoms. The molecule has 1 aliphatic rings. The first-order valence-corrected chi connectivity index (χ1v) is 7.78. The summed E-state index contributed by atoms with van der Waals surface area (Å²) in [6.07, 6.45) is -3.28. The van der Waals surface area contributed by atoms with Gasteiger partial charge in [0, 0.05) is 27.3 Å². The van der Waals surface area contributed by atoms with Gasteiger partial charge in [-0.25, -0.2) is 43.9 Å². The van der Waals surface area contributed by atoms with Crippen LogP contribution >= 0.6 is 0 Å². The van der Waals surface area contributed by atoms with Crippen molar-refractivity contribution in [3.8, 4) is 0 Å². The van der Waals surface area contributed by atoms with E-state index in [1.165, 1.54) is 0 Å². The number of fused-ring (bicyclic) bond motifs is 6. The number of alkyl halides is 1. The van der Waals surface area contributed by atoms with E-state index in [0.717, 1.165) is 0 Å². The largest absolute Gasteiger partial charge is 0.382 e. The first kappa shape index (κ1) is 20.4. The van der Waals surface area contributed by atoms with Crippen LogP contribution in [0.25, 0.3) is 27.4 Å². The van der Waals surface area contributed by atoms with Gasteiger partial charge in [-0.15, -0.1) is 0 Å². The minimum absolute atomic E-state index is 0.0349. The molecular weight excluding hydrogens is 438 g/mol. The number of aliphatic hydroxyl groups excluding tert-OH is 1. The highest BCUT2D eigenvalue weighted by Crippen LogP contribution is 2.53. The molecule has 0 saturated heterocycles. The van der Waals surface area contributed by atoms with Gasteiger partial charge in [0.1, 0.15) is 6.10 Å². The Morgan fingerprint density at radius 2 is 1.20 bits per heavy atom. The molecule has 2 nitrogen and oxygen atoms in total. The molecule has 4 rings (SSSR count). The van der Waals surface area contributed by atoms with Gasteiger partial charge in [-0.1, -0.05) is 0 Å². The van der Waals surface area contributed by atoms with Crippen LogP contribution in [0.4, 0.5) is 43.9 Å². The third kappa shape index (κ3) is 2.23. The smallest absolute Gasteiger partial charge is 0.292 e. The highest BCUT2D eigenvalue weighted by Gasteiger charge is 2.51. The average molecular weight is 442 g/mol. The summed E-state index contributed by atoms with van der Waals surface area (Å²) in [7, 11) is 0. The van der Waals surface area contributed by atoms with Crippen LogP contribution in [0.2, 0.25) is 0 Å². The molecule has 1 aliphatic carbocycles. The Bertz CT molecular complexity index is 1330. The topological polar surface area (TPSA) is 40.5 Å². The van der Waals surface area contributed by atoms with Crippen molar-refractivity contribution in [1.82, 2.24) is 0 Å². The van der Waals surface area contributed by atoms with Gasteiger partial charge in [0.25, 0.3) is 5.85 Å². The molecule has 0 heterocycles. The number of rotatable bonds is 0. The van der Waals surface area contributed by atoms with Crippen molar-refractivity contribution < 1.29 is 54.1 Å². The Kier molecular flexibility index (Phi) is 4.14. The molecule has 0 spiro atoms. The van der Waals surface area contributed by atoms with E-state index in [4.69, 9.17) is 0 Å². The van der Waals surface area contributed by atoms with Crippen molar-refractivity contribution in [2.45, 2.75) is 12.0 Å². The number of hydrogen-bond acceptors (Lipinski definition) is 2. The van der Waals surface area contributed by atoms with Gasteiger partial charge in [-0.2, -0.15) is 0 Å². The number of hydrogen-bond donors (Lipinski definition) is 2. The van der Waals surface area contributed by atoms with Gasteiger partial charge in [0.15, 0.2) is 46.5 Å². The Labute approximate surface area is 158 Å². The lowest BCUT2D eigenvalue weighted by Gasteiger charge is -2.32. The fourth-order valence-electron chi connectivity index (χ4n) is 3.51. The van der Waals surface area contributed by atoms with E-state index in [1.807, 2.05) is 0 Å². The number of benzene rings is 3. The van der Waals surface area contributed by atoms with Crippen molar-refractivity contribution in [2.75, 3.05) is 0 Å². The van der Waals surface area contributed by atoms with Gasteiger partial charge in [-0.3, -0.25) is 0 Å². The van der Waals surface area contributed by atoms with Crippen molar-refractivity contribution in [2.24, 2.45) is 0 Å². The van der Waals surface area contributed by atoms with E-state index in [1.54, 1.807) is 0 Å².